The van der Waals surface area contributed by atoms with Crippen LogP contribution >= 0.6 is 27.7 Å². The molecule has 5 heteroatoms. The van der Waals surface area contributed by atoms with Gasteiger partial charge in [0, 0.05) is 6.42 Å². The van der Waals surface area contributed by atoms with Crippen LogP contribution in [0.2, 0.25) is 0 Å². The highest BCUT2D eigenvalue weighted by Gasteiger charge is 2.17. The molecular formula is C12H15BrN2OS. The van der Waals surface area contributed by atoms with Crippen LogP contribution in [0.1, 0.15) is 19.3 Å². The number of hydrogen-bond donors (Lipinski definition) is 1. The Morgan fingerprint density at radius 3 is 2.88 bits per heavy atom. The molecule has 2 heterocycles. The summed E-state index contributed by atoms with van der Waals surface area (Å²) in [5.41, 5.74) is 0.767. The van der Waals surface area contributed by atoms with Gasteiger partial charge in [-0.2, -0.15) is 11.8 Å². The van der Waals surface area contributed by atoms with Crippen molar-refractivity contribution in [3.63, 3.8) is 0 Å². The molecule has 1 saturated heterocycles. The van der Waals surface area contributed by atoms with Crippen molar-refractivity contribution in [3.8, 4) is 0 Å². The summed E-state index contributed by atoms with van der Waals surface area (Å²) < 4.78 is 0.778. The molecule has 3 nitrogen and oxygen atoms in total. The third-order valence-electron chi connectivity index (χ3n) is 2.83. The van der Waals surface area contributed by atoms with Gasteiger partial charge in [-0.05, 0) is 58.3 Å². The average molecular weight is 315 g/mol. The first-order valence-electron chi connectivity index (χ1n) is 5.73. The molecule has 2 rings (SSSR count). The lowest BCUT2D eigenvalue weighted by atomic mass is 9.98. The van der Waals surface area contributed by atoms with Gasteiger partial charge in [-0.15, -0.1) is 0 Å². The quantitative estimate of drug-likeness (QED) is 0.870. The summed E-state index contributed by atoms with van der Waals surface area (Å²) in [6.45, 7) is 0. The number of halogens is 1. The average Bonchev–Trinajstić information content (AvgIpc) is 2.33. The Bertz CT molecular complexity index is 377. The molecule has 17 heavy (non-hydrogen) atoms. The second-order valence-corrected chi connectivity index (χ2v) is 6.21. The van der Waals surface area contributed by atoms with E-state index < -0.39 is 0 Å². The molecule has 0 unspecified atom stereocenters. The highest BCUT2D eigenvalue weighted by molar-refractivity contribution is 9.10. The van der Waals surface area contributed by atoms with E-state index in [2.05, 4.69) is 26.2 Å². The zero-order valence-electron chi connectivity index (χ0n) is 9.49. The summed E-state index contributed by atoms with van der Waals surface area (Å²) in [4.78, 5) is 15.9. The van der Waals surface area contributed by atoms with E-state index in [4.69, 9.17) is 0 Å². The first-order chi connectivity index (χ1) is 8.24. The fourth-order valence-corrected chi connectivity index (χ4v) is 3.31. The maximum absolute atomic E-state index is 11.8. The molecule has 1 amide bonds. The van der Waals surface area contributed by atoms with Crippen LogP contribution in [0.3, 0.4) is 0 Å². The molecule has 1 aromatic rings. The molecule has 0 spiro atoms. The maximum atomic E-state index is 11.8. The molecule has 1 aromatic heterocycles. The zero-order valence-corrected chi connectivity index (χ0v) is 11.9. The minimum atomic E-state index is 0.103. The van der Waals surface area contributed by atoms with Gasteiger partial charge in [0.25, 0.3) is 0 Å². The van der Waals surface area contributed by atoms with Crippen LogP contribution in [0.5, 0.6) is 0 Å². The van der Waals surface area contributed by atoms with Crippen molar-refractivity contribution in [2.45, 2.75) is 19.3 Å². The van der Waals surface area contributed by atoms with Crippen molar-refractivity contribution in [1.29, 1.82) is 0 Å². The second kappa shape index (κ2) is 6.40. The van der Waals surface area contributed by atoms with Gasteiger partial charge >= 0.3 is 0 Å². The van der Waals surface area contributed by atoms with Crippen LogP contribution in [-0.2, 0) is 4.79 Å². The number of rotatable bonds is 3. The van der Waals surface area contributed by atoms with E-state index in [1.54, 1.807) is 6.20 Å². The lowest BCUT2D eigenvalue weighted by Gasteiger charge is -2.20. The van der Waals surface area contributed by atoms with Crippen molar-refractivity contribution in [2.24, 2.45) is 5.92 Å². The van der Waals surface area contributed by atoms with Gasteiger partial charge in [0.1, 0.15) is 4.60 Å². The smallest absolute Gasteiger partial charge is 0.224 e. The van der Waals surface area contributed by atoms with Crippen molar-refractivity contribution >= 4 is 39.3 Å². The van der Waals surface area contributed by atoms with Crippen molar-refractivity contribution in [2.75, 3.05) is 16.8 Å². The van der Waals surface area contributed by atoms with E-state index in [9.17, 15) is 4.79 Å². The van der Waals surface area contributed by atoms with Crippen LogP contribution in [-0.4, -0.2) is 22.4 Å². The lowest BCUT2D eigenvalue weighted by Crippen LogP contribution is -2.19. The molecule has 0 atom stereocenters. The largest absolute Gasteiger partial charge is 0.325 e. The number of nitrogens with zero attached hydrogens (tertiary/aromatic N) is 1. The number of amides is 1. The highest BCUT2D eigenvalue weighted by atomic mass is 79.9. The Labute approximate surface area is 114 Å². The number of carbonyl (C=O) groups is 1. The van der Waals surface area contributed by atoms with Gasteiger partial charge in [-0.3, -0.25) is 4.79 Å². The van der Waals surface area contributed by atoms with Crippen LogP contribution in [0.4, 0.5) is 5.69 Å². The van der Waals surface area contributed by atoms with Crippen molar-refractivity contribution < 1.29 is 4.79 Å². The number of nitrogens with one attached hydrogen (secondary N) is 1. The summed E-state index contributed by atoms with van der Waals surface area (Å²) in [5.74, 6) is 3.04. The maximum Gasteiger partial charge on any atom is 0.224 e. The van der Waals surface area contributed by atoms with Crippen LogP contribution < -0.4 is 5.32 Å². The molecule has 0 saturated carbocycles. The molecule has 92 valence electrons. The van der Waals surface area contributed by atoms with Gasteiger partial charge < -0.3 is 5.32 Å². The minimum Gasteiger partial charge on any atom is -0.325 e. The van der Waals surface area contributed by atoms with Crippen LogP contribution in [0.15, 0.2) is 22.9 Å². The second-order valence-electron chi connectivity index (χ2n) is 4.18. The Hall–Kier alpha value is -0.550. The van der Waals surface area contributed by atoms with E-state index in [0.717, 1.165) is 23.1 Å². The third kappa shape index (κ3) is 4.32. The van der Waals surface area contributed by atoms with E-state index in [-0.39, 0.29) is 5.91 Å². The summed E-state index contributed by atoms with van der Waals surface area (Å²) in [5, 5.41) is 2.89. The molecule has 1 N–H and O–H groups in total. The van der Waals surface area contributed by atoms with Crippen molar-refractivity contribution in [3.05, 3.63) is 22.9 Å². The first-order valence-corrected chi connectivity index (χ1v) is 7.68. The molecule has 1 fully saturated rings. The van der Waals surface area contributed by atoms with E-state index >= 15 is 0 Å². The predicted molar refractivity (Wildman–Crippen MR) is 75.2 cm³/mol. The fraction of sp³-hybridized carbons (Fsp3) is 0.500. The molecule has 0 aliphatic carbocycles. The first kappa shape index (κ1) is 12.9. The van der Waals surface area contributed by atoms with Gasteiger partial charge in [0.15, 0.2) is 0 Å². The standard InChI is InChI=1S/C12H15BrN2OS/c13-11-2-1-10(8-14-11)15-12(16)7-9-3-5-17-6-4-9/h1-2,8-9H,3-7H2,(H,15,16). The molecule has 0 aromatic carbocycles. The zero-order chi connectivity index (χ0) is 12.1. The van der Waals surface area contributed by atoms with Gasteiger partial charge in [0.05, 0.1) is 11.9 Å². The highest BCUT2D eigenvalue weighted by Crippen LogP contribution is 2.25. The number of anilines is 1. The van der Waals surface area contributed by atoms with Crippen molar-refractivity contribution in [1.82, 2.24) is 4.98 Å². The Morgan fingerprint density at radius 1 is 1.47 bits per heavy atom. The minimum absolute atomic E-state index is 0.103. The van der Waals surface area contributed by atoms with E-state index in [0.29, 0.717) is 12.3 Å². The lowest BCUT2D eigenvalue weighted by molar-refractivity contribution is -0.117. The Morgan fingerprint density at radius 2 is 2.24 bits per heavy atom. The van der Waals surface area contributed by atoms with Gasteiger partial charge in [0.2, 0.25) is 5.91 Å². The fourth-order valence-electron chi connectivity index (χ4n) is 1.87. The Balaban J connectivity index is 1.82. The molecule has 1 aliphatic rings. The number of hydrogen-bond acceptors (Lipinski definition) is 3. The third-order valence-corrected chi connectivity index (χ3v) is 4.34. The predicted octanol–water partition coefficient (Wildman–Crippen LogP) is 3.32. The molecule has 0 bridgehead atoms. The summed E-state index contributed by atoms with van der Waals surface area (Å²) in [7, 11) is 0. The normalized spacial score (nSPS) is 16.8. The van der Waals surface area contributed by atoms with E-state index in [1.807, 2.05) is 23.9 Å². The summed E-state index contributed by atoms with van der Waals surface area (Å²) in [6, 6.07) is 3.68. The summed E-state index contributed by atoms with van der Waals surface area (Å²) in [6.07, 6.45) is 4.63. The number of thioether (sulfide) groups is 1. The molecule has 1 aliphatic heterocycles. The van der Waals surface area contributed by atoms with Crippen LogP contribution in [0, 0.1) is 5.92 Å². The van der Waals surface area contributed by atoms with E-state index in [1.165, 1.54) is 11.5 Å². The monoisotopic (exact) mass is 314 g/mol. The number of pyridine rings is 1. The number of carbonyl (C=O) groups excluding carboxylic acids is 1. The van der Waals surface area contributed by atoms with Crippen LogP contribution in [0.25, 0.3) is 0 Å². The topological polar surface area (TPSA) is 42.0 Å². The molecule has 0 radical (unpaired) electrons. The van der Waals surface area contributed by atoms with Gasteiger partial charge in [-0.25, -0.2) is 4.98 Å². The Kier molecular flexibility index (Phi) is 4.86. The number of aromatic nitrogens is 1. The summed E-state index contributed by atoms with van der Waals surface area (Å²) >= 11 is 5.25. The SMILES string of the molecule is O=C(CC1CCSCC1)Nc1ccc(Br)nc1. The van der Waals surface area contributed by atoms with Gasteiger partial charge in [-0.1, -0.05) is 0 Å². The molecular weight excluding hydrogens is 300 g/mol.